The first-order valence-electron chi connectivity index (χ1n) is 9.14. The van der Waals surface area contributed by atoms with Crippen molar-refractivity contribution in [3.05, 3.63) is 58.7 Å². The van der Waals surface area contributed by atoms with Crippen LogP contribution < -0.4 is 10.0 Å². The molecule has 0 heterocycles. The van der Waals surface area contributed by atoms with Gasteiger partial charge in [-0.05, 0) is 69.0 Å². The Bertz CT molecular complexity index is 1010. The van der Waals surface area contributed by atoms with Gasteiger partial charge < -0.3 is 10.1 Å². The van der Waals surface area contributed by atoms with Crippen LogP contribution in [0.5, 0.6) is 0 Å². The van der Waals surface area contributed by atoms with Crippen LogP contribution in [-0.2, 0) is 24.3 Å². The molecule has 0 spiro atoms. The van der Waals surface area contributed by atoms with E-state index in [-0.39, 0.29) is 4.90 Å². The normalized spacial score (nSPS) is 12.3. The van der Waals surface area contributed by atoms with Crippen molar-refractivity contribution in [3.8, 4) is 0 Å². The van der Waals surface area contributed by atoms with E-state index in [9.17, 15) is 18.0 Å². The van der Waals surface area contributed by atoms with Gasteiger partial charge in [0, 0.05) is 5.69 Å². The highest BCUT2D eigenvalue weighted by atomic mass is 32.2. The number of ether oxygens (including phenoxy) is 1. The molecule has 29 heavy (non-hydrogen) atoms. The number of carbonyl (C=O) groups excluding carboxylic acids is 2. The average Bonchev–Trinajstić information content (AvgIpc) is 2.65. The molecule has 7 nitrogen and oxygen atoms in total. The number of nitrogens with one attached hydrogen (secondary N) is 2. The second-order valence-corrected chi connectivity index (χ2v) is 8.73. The van der Waals surface area contributed by atoms with Crippen molar-refractivity contribution < 1.29 is 22.7 Å². The summed E-state index contributed by atoms with van der Waals surface area (Å²) in [7, 11) is -3.86. The minimum atomic E-state index is -3.86. The second kappa shape index (κ2) is 9.19. The number of anilines is 1. The van der Waals surface area contributed by atoms with Crippen molar-refractivity contribution in [1.82, 2.24) is 4.72 Å². The molecule has 1 atom stereocenters. The third-order valence-corrected chi connectivity index (χ3v) is 6.00. The molecule has 0 aromatic heterocycles. The highest BCUT2D eigenvalue weighted by molar-refractivity contribution is 7.89. The van der Waals surface area contributed by atoms with Gasteiger partial charge in [0.25, 0.3) is 5.91 Å². The van der Waals surface area contributed by atoms with Crippen LogP contribution in [0, 0.1) is 27.7 Å². The zero-order valence-electron chi connectivity index (χ0n) is 17.2. The first kappa shape index (κ1) is 22.6. The summed E-state index contributed by atoms with van der Waals surface area (Å²) in [6.07, 6.45) is -1.08. The van der Waals surface area contributed by atoms with E-state index < -0.39 is 34.5 Å². The van der Waals surface area contributed by atoms with Crippen LogP contribution in [0.2, 0.25) is 0 Å². The van der Waals surface area contributed by atoms with E-state index >= 15 is 0 Å². The maximum absolute atomic E-state index is 12.3. The van der Waals surface area contributed by atoms with E-state index in [1.165, 1.54) is 19.1 Å². The van der Waals surface area contributed by atoms with Crippen LogP contribution in [0.15, 0.2) is 41.3 Å². The zero-order chi connectivity index (χ0) is 21.8. The number of hydrogen-bond donors (Lipinski definition) is 2. The number of amides is 1. The molecule has 2 aromatic carbocycles. The predicted molar refractivity (Wildman–Crippen MR) is 111 cm³/mol. The summed E-state index contributed by atoms with van der Waals surface area (Å²) < 4.78 is 31.9. The number of aryl methyl sites for hydroxylation is 4. The molecule has 0 saturated carbocycles. The lowest BCUT2D eigenvalue weighted by Crippen LogP contribution is -2.36. The van der Waals surface area contributed by atoms with Gasteiger partial charge in [0.2, 0.25) is 10.0 Å². The van der Waals surface area contributed by atoms with E-state index in [0.29, 0.717) is 5.69 Å². The molecular weight excluding hydrogens is 392 g/mol. The van der Waals surface area contributed by atoms with Gasteiger partial charge in [-0.3, -0.25) is 9.59 Å². The molecule has 2 aromatic rings. The molecule has 2 N–H and O–H groups in total. The molecule has 0 aliphatic carbocycles. The monoisotopic (exact) mass is 418 g/mol. The van der Waals surface area contributed by atoms with Gasteiger partial charge in [0.05, 0.1) is 4.90 Å². The smallest absolute Gasteiger partial charge is 0.321 e. The summed E-state index contributed by atoms with van der Waals surface area (Å²) in [5, 5.41) is 2.74. The minimum absolute atomic E-state index is 0.0641. The summed E-state index contributed by atoms with van der Waals surface area (Å²) in [5.41, 5.74) is 4.23. The van der Waals surface area contributed by atoms with Gasteiger partial charge in [0.1, 0.15) is 6.54 Å². The Labute approximate surface area is 171 Å². The average molecular weight is 419 g/mol. The lowest BCUT2D eigenvalue weighted by molar-refractivity contribution is -0.151. The van der Waals surface area contributed by atoms with E-state index in [1.54, 1.807) is 13.0 Å². The number of benzene rings is 2. The molecule has 0 aliphatic rings. The number of carbonyl (C=O) groups is 2. The molecule has 8 heteroatoms. The Morgan fingerprint density at radius 3 is 2.17 bits per heavy atom. The third kappa shape index (κ3) is 5.88. The van der Waals surface area contributed by atoms with E-state index in [4.69, 9.17) is 4.74 Å². The molecule has 0 aliphatic heterocycles. The van der Waals surface area contributed by atoms with Crippen molar-refractivity contribution >= 4 is 27.6 Å². The van der Waals surface area contributed by atoms with Gasteiger partial charge in [-0.1, -0.05) is 24.3 Å². The standard InChI is InChI=1S/C21H26N2O5S/c1-13-9-10-18(11-16(13)4)29(26,27)22-12-19(24)28-17(5)21(25)23-20-14(2)7-6-8-15(20)3/h6-11,17,22H,12H2,1-5H3,(H,23,25). The number of rotatable bonds is 7. The Balaban J connectivity index is 1.94. The molecule has 0 fully saturated rings. The van der Waals surface area contributed by atoms with Crippen molar-refractivity contribution in [3.63, 3.8) is 0 Å². The number of sulfonamides is 1. The first-order chi connectivity index (χ1) is 13.5. The Morgan fingerprint density at radius 1 is 0.966 bits per heavy atom. The molecule has 1 amide bonds. The second-order valence-electron chi connectivity index (χ2n) is 6.96. The van der Waals surface area contributed by atoms with Crippen LogP contribution in [0.4, 0.5) is 5.69 Å². The van der Waals surface area contributed by atoms with Gasteiger partial charge in [0.15, 0.2) is 6.10 Å². The lowest BCUT2D eigenvalue weighted by atomic mass is 10.1. The lowest BCUT2D eigenvalue weighted by Gasteiger charge is -2.16. The molecule has 156 valence electrons. The number of esters is 1. The fraction of sp³-hybridized carbons (Fsp3) is 0.333. The van der Waals surface area contributed by atoms with E-state index in [2.05, 4.69) is 10.0 Å². The summed E-state index contributed by atoms with van der Waals surface area (Å²) in [5.74, 6) is -1.34. The quantitative estimate of drug-likeness (QED) is 0.673. The molecule has 2 rings (SSSR count). The summed E-state index contributed by atoms with van der Waals surface area (Å²) >= 11 is 0. The molecule has 0 saturated heterocycles. The summed E-state index contributed by atoms with van der Waals surface area (Å²) in [6.45, 7) is 8.26. The summed E-state index contributed by atoms with van der Waals surface area (Å²) in [4.78, 5) is 24.4. The Kier molecular flexibility index (Phi) is 7.16. The maximum Gasteiger partial charge on any atom is 0.321 e. The topological polar surface area (TPSA) is 102 Å². The maximum atomic E-state index is 12.3. The first-order valence-corrected chi connectivity index (χ1v) is 10.6. The fourth-order valence-corrected chi connectivity index (χ4v) is 3.70. The molecular formula is C21H26N2O5S. The Morgan fingerprint density at radius 2 is 1.59 bits per heavy atom. The zero-order valence-corrected chi connectivity index (χ0v) is 18.0. The number of hydrogen-bond acceptors (Lipinski definition) is 5. The van der Waals surface area contributed by atoms with Gasteiger partial charge >= 0.3 is 5.97 Å². The summed E-state index contributed by atoms with van der Waals surface area (Å²) in [6, 6.07) is 10.3. The van der Waals surface area contributed by atoms with Crippen molar-refractivity contribution in [1.29, 1.82) is 0 Å². The van der Waals surface area contributed by atoms with Crippen LogP contribution in [0.3, 0.4) is 0 Å². The largest absolute Gasteiger partial charge is 0.452 e. The fourth-order valence-electron chi connectivity index (χ4n) is 2.65. The van der Waals surface area contributed by atoms with Crippen molar-refractivity contribution in [2.45, 2.75) is 45.6 Å². The SMILES string of the molecule is Cc1ccc(S(=O)(=O)NCC(=O)OC(C)C(=O)Nc2c(C)cccc2C)cc1C. The van der Waals surface area contributed by atoms with Gasteiger partial charge in [-0.15, -0.1) is 0 Å². The van der Waals surface area contributed by atoms with Gasteiger partial charge in [-0.25, -0.2) is 8.42 Å². The van der Waals surface area contributed by atoms with Crippen LogP contribution >= 0.6 is 0 Å². The molecule has 1 unspecified atom stereocenters. The van der Waals surface area contributed by atoms with Crippen molar-refractivity contribution in [2.24, 2.45) is 0 Å². The molecule has 0 radical (unpaired) electrons. The van der Waals surface area contributed by atoms with Crippen molar-refractivity contribution in [2.75, 3.05) is 11.9 Å². The van der Waals surface area contributed by atoms with Crippen LogP contribution in [0.1, 0.15) is 29.2 Å². The minimum Gasteiger partial charge on any atom is -0.452 e. The molecule has 0 bridgehead atoms. The van der Waals surface area contributed by atoms with Gasteiger partial charge in [-0.2, -0.15) is 4.72 Å². The number of para-hydroxylation sites is 1. The highest BCUT2D eigenvalue weighted by Crippen LogP contribution is 2.20. The predicted octanol–water partition coefficient (Wildman–Crippen LogP) is 2.77. The Hall–Kier alpha value is -2.71. The van der Waals surface area contributed by atoms with Crippen LogP contribution in [-0.4, -0.2) is 32.9 Å². The van der Waals surface area contributed by atoms with E-state index in [0.717, 1.165) is 22.3 Å². The van der Waals surface area contributed by atoms with E-state index in [1.807, 2.05) is 39.0 Å². The van der Waals surface area contributed by atoms with Crippen LogP contribution in [0.25, 0.3) is 0 Å². The third-order valence-electron chi connectivity index (χ3n) is 4.60. The highest BCUT2D eigenvalue weighted by Gasteiger charge is 2.21.